The molecule has 0 unspecified atom stereocenters. The van der Waals surface area contributed by atoms with Crippen LogP contribution in [0.25, 0.3) is 0 Å². The molecule has 146 valence electrons. The molecule has 2 rings (SSSR count). The maximum Gasteiger partial charge on any atom is 0.319 e. The third-order valence-electron chi connectivity index (χ3n) is 4.12. The highest BCUT2D eigenvalue weighted by Crippen LogP contribution is 2.22. The van der Waals surface area contributed by atoms with Gasteiger partial charge in [0.05, 0.1) is 18.1 Å². The molecule has 8 heteroatoms. The summed E-state index contributed by atoms with van der Waals surface area (Å²) < 4.78 is 15.9. The Morgan fingerprint density at radius 2 is 2.00 bits per heavy atom. The molecule has 1 aromatic heterocycles. The van der Waals surface area contributed by atoms with Crippen molar-refractivity contribution < 1.29 is 14.0 Å². The smallest absolute Gasteiger partial charge is 0.319 e. The molecule has 0 aliphatic carbocycles. The number of nitrogens with one attached hydrogen (secondary N) is 3. The second-order valence-electron chi connectivity index (χ2n) is 7.37. The minimum atomic E-state index is -0.582. The highest BCUT2D eigenvalue weighted by Gasteiger charge is 2.27. The van der Waals surface area contributed by atoms with Crippen molar-refractivity contribution in [3.63, 3.8) is 0 Å². The molecular weight excluding hydrogens is 349 g/mol. The van der Waals surface area contributed by atoms with Crippen molar-refractivity contribution >= 4 is 23.3 Å². The molecule has 0 saturated heterocycles. The first-order valence-electron chi connectivity index (χ1n) is 8.81. The summed E-state index contributed by atoms with van der Waals surface area (Å²) in [6, 6.07) is 3.31. The summed E-state index contributed by atoms with van der Waals surface area (Å²) in [4.78, 5) is 27.9. The van der Waals surface area contributed by atoms with Crippen LogP contribution >= 0.6 is 0 Å². The van der Waals surface area contributed by atoms with Crippen molar-refractivity contribution in [2.45, 2.75) is 46.7 Å². The van der Waals surface area contributed by atoms with E-state index in [4.69, 9.17) is 0 Å². The van der Waals surface area contributed by atoms with Gasteiger partial charge in [0.15, 0.2) is 0 Å². The minimum Gasteiger partial charge on any atom is -0.335 e. The van der Waals surface area contributed by atoms with E-state index in [-0.39, 0.29) is 23.1 Å². The number of carbonyl (C=O) groups is 2. The van der Waals surface area contributed by atoms with Crippen LogP contribution in [0.1, 0.15) is 34.1 Å². The summed E-state index contributed by atoms with van der Waals surface area (Å²) in [6.07, 6.45) is 5.48. The van der Waals surface area contributed by atoms with E-state index in [0.717, 1.165) is 0 Å². The Hall–Kier alpha value is -2.90. The van der Waals surface area contributed by atoms with E-state index < -0.39 is 11.8 Å². The van der Waals surface area contributed by atoms with Gasteiger partial charge >= 0.3 is 6.03 Å². The number of benzene rings is 1. The third-order valence-corrected chi connectivity index (χ3v) is 4.12. The summed E-state index contributed by atoms with van der Waals surface area (Å²) in [5.74, 6) is -0.772. The van der Waals surface area contributed by atoms with Crippen LogP contribution in [0.5, 0.6) is 0 Å². The average molecular weight is 375 g/mol. The molecule has 27 heavy (non-hydrogen) atoms. The van der Waals surface area contributed by atoms with E-state index >= 15 is 0 Å². The zero-order valence-corrected chi connectivity index (χ0v) is 16.0. The van der Waals surface area contributed by atoms with Crippen molar-refractivity contribution in [1.82, 2.24) is 14.9 Å². The van der Waals surface area contributed by atoms with Crippen molar-refractivity contribution in [2.24, 2.45) is 5.41 Å². The molecule has 1 atom stereocenters. The number of urea groups is 1. The molecule has 0 aliphatic heterocycles. The fourth-order valence-electron chi connectivity index (χ4n) is 2.41. The number of hydrogen-bond donors (Lipinski definition) is 3. The van der Waals surface area contributed by atoms with Gasteiger partial charge < -0.3 is 20.5 Å². The number of nitrogens with zero attached hydrogens (tertiary/aromatic N) is 2. The van der Waals surface area contributed by atoms with E-state index in [1.54, 1.807) is 19.4 Å². The largest absolute Gasteiger partial charge is 0.335 e. The molecule has 7 nitrogen and oxygen atoms in total. The SMILES string of the molecule is CCC(=O)Nc1ccc(F)c(NC(=O)N[C@@H](Cn2ccnc2)C(C)(C)C)c1. The molecule has 0 bridgehead atoms. The van der Waals surface area contributed by atoms with E-state index in [0.29, 0.717) is 18.7 Å². The molecule has 1 aromatic carbocycles. The number of aromatic nitrogens is 2. The predicted molar refractivity (Wildman–Crippen MR) is 103 cm³/mol. The van der Waals surface area contributed by atoms with Gasteiger partial charge in [0.1, 0.15) is 5.82 Å². The Labute approximate surface area is 158 Å². The van der Waals surface area contributed by atoms with Crippen molar-refractivity contribution in [3.05, 3.63) is 42.7 Å². The number of imidazole rings is 1. The highest BCUT2D eigenvalue weighted by molar-refractivity contribution is 5.93. The van der Waals surface area contributed by atoms with Gasteiger partial charge in [-0.05, 0) is 23.6 Å². The molecular formula is C19H26FN5O2. The van der Waals surface area contributed by atoms with Crippen molar-refractivity contribution in [1.29, 1.82) is 0 Å². The number of amides is 3. The normalized spacial score (nSPS) is 12.3. The average Bonchev–Trinajstić information content (AvgIpc) is 3.09. The minimum absolute atomic E-state index is 0.00306. The van der Waals surface area contributed by atoms with Crippen LogP contribution in [0, 0.1) is 11.2 Å². The van der Waals surface area contributed by atoms with E-state index in [2.05, 4.69) is 20.9 Å². The lowest BCUT2D eigenvalue weighted by Crippen LogP contribution is -2.47. The fraction of sp³-hybridized carbons (Fsp3) is 0.421. The Kier molecular flexibility index (Phi) is 6.55. The topological polar surface area (TPSA) is 88.0 Å². The van der Waals surface area contributed by atoms with Gasteiger partial charge in [0, 0.05) is 31.0 Å². The highest BCUT2D eigenvalue weighted by atomic mass is 19.1. The fourth-order valence-corrected chi connectivity index (χ4v) is 2.41. The van der Waals surface area contributed by atoms with Gasteiger partial charge in [-0.25, -0.2) is 14.2 Å². The third kappa shape index (κ3) is 6.09. The first-order valence-corrected chi connectivity index (χ1v) is 8.81. The van der Waals surface area contributed by atoms with Gasteiger partial charge in [0.2, 0.25) is 5.91 Å². The monoisotopic (exact) mass is 375 g/mol. The quantitative estimate of drug-likeness (QED) is 0.721. The zero-order chi connectivity index (χ0) is 20.0. The Morgan fingerprint density at radius 3 is 2.59 bits per heavy atom. The molecule has 0 spiro atoms. The maximum atomic E-state index is 14.1. The molecule has 1 heterocycles. The molecule has 3 N–H and O–H groups in total. The van der Waals surface area contributed by atoms with Crippen LogP contribution in [0.15, 0.2) is 36.9 Å². The molecule has 0 radical (unpaired) electrons. The number of rotatable bonds is 6. The Balaban J connectivity index is 2.08. The van der Waals surface area contributed by atoms with Gasteiger partial charge in [-0.3, -0.25) is 4.79 Å². The molecule has 0 saturated carbocycles. The van der Waals surface area contributed by atoms with Crippen LogP contribution in [-0.2, 0) is 11.3 Å². The van der Waals surface area contributed by atoms with Crippen LogP contribution in [-0.4, -0.2) is 27.5 Å². The summed E-state index contributed by atoms with van der Waals surface area (Å²) >= 11 is 0. The zero-order valence-electron chi connectivity index (χ0n) is 16.0. The second-order valence-corrected chi connectivity index (χ2v) is 7.37. The summed E-state index contributed by atoms with van der Waals surface area (Å²) in [5, 5.41) is 8.05. The summed E-state index contributed by atoms with van der Waals surface area (Å²) in [7, 11) is 0. The van der Waals surface area contributed by atoms with Crippen LogP contribution in [0.4, 0.5) is 20.6 Å². The van der Waals surface area contributed by atoms with Gasteiger partial charge in [0.25, 0.3) is 0 Å². The lowest BCUT2D eigenvalue weighted by molar-refractivity contribution is -0.115. The Bertz CT molecular complexity index is 784. The molecule has 0 aliphatic rings. The summed E-state index contributed by atoms with van der Waals surface area (Å²) in [6.45, 7) is 8.29. The van der Waals surface area contributed by atoms with Gasteiger partial charge in [-0.1, -0.05) is 27.7 Å². The number of halogens is 1. The standard InChI is InChI=1S/C19H26FN5O2/c1-5-17(26)22-13-6-7-14(20)15(10-13)23-18(27)24-16(19(2,3)4)11-25-9-8-21-12-25/h6-10,12,16H,5,11H2,1-4H3,(H,22,26)(H2,23,24,27)/t16-/m0/s1. The summed E-state index contributed by atoms with van der Waals surface area (Å²) in [5.41, 5.74) is 0.193. The molecule has 0 fully saturated rings. The second kappa shape index (κ2) is 8.66. The first-order chi connectivity index (χ1) is 12.7. The predicted octanol–water partition coefficient (Wildman–Crippen LogP) is 3.61. The van der Waals surface area contributed by atoms with E-state index in [9.17, 15) is 14.0 Å². The van der Waals surface area contributed by atoms with Crippen molar-refractivity contribution in [2.75, 3.05) is 10.6 Å². The Morgan fingerprint density at radius 1 is 1.26 bits per heavy atom. The lowest BCUT2D eigenvalue weighted by Gasteiger charge is -2.31. The van der Waals surface area contributed by atoms with Gasteiger partial charge in [-0.2, -0.15) is 0 Å². The first kappa shape index (κ1) is 20.4. The van der Waals surface area contributed by atoms with E-state index in [1.165, 1.54) is 18.2 Å². The van der Waals surface area contributed by atoms with Crippen LogP contribution < -0.4 is 16.0 Å². The van der Waals surface area contributed by atoms with Crippen LogP contribution in [0.2, 0.25) is 0 Å². The lowest BCUT2D eigenvalue weighted by atomic mass is 9.86. The number of hydrogen-bond acceptors (Lipinski definition) is 3. The van der Waals surface area contributed by atoms with E-state index in [1.807, 2.05) is 31.5 Å². The van der Waals surface area contributed by atoms with Crippen molar-refractivity contribution in [3.8, 4) is 0 Å². The van der Waals surface area contributed by atoms with Crippen LogP contribution in [0.3, 0.4) is 0 Å². The number of anilines is 2. The maximum absolute atomic E-state index is 14.1. The van der Waals surface area contributed by atoms with Gasteiger partial charge in [-0.15, -0.1) is 0 Å². The number of carbonyl (C=O) groups excluding carboxylic acids is 2. The molecule has 3 amide bonds. The molecule has 2 aromatic rings.